The van der Waals surface area contributed by atoms with Crippen LogP contribution in [0.2, 0.25) is 0 Å². The van der Waals surface area contributed by atoms with Crippen LogP contribution in [-0.4, -0.2) is 35.7 Å². The van der Waals surface area contributed by atoms with Gasteiger partial charge in [-0.25, -0.2) is 9.50 Å². The molecule has 1 fully saturated rings. The molecule has 3 aromatic rings. The molecule has 0 aromatic carbocycles. The average molecular weight is 301 g/mol. The van der Waals surface area contributed by atoms with Crippen LogP contribution in [0.15, 0.2) is 12.3 Å². The summed E-state index contributed by atoms with van der Waals surface area (Å²) in [5, 5.41) is 16.3. The van der Waals surface area contributed by atoms with Crippen molar-refractivity contribution >= 4 is 28.2 Å². The van der Waals surface area contributed by atoms with Gasteiger partial charge in [0.1, 0.15) is 5.01 Å². The van der Waals surface area contributed by atoms with Gasteiger partial charge in [0.15, 0.2) is 0 Å². The minimum atomic E-state index is -0.404. The Morgan fingerprint density at radius 1 is 1.43 bits per heavy atom. The number of carbonyl (C=O) groups is 1. The van der Waals surface area contributed by atoms with E-state index in [0.717, 1.165) is 23.5 Å². The molecule has 1 amide bonds. The predicted molar refractivity (Wildman–Crippen MR) is 75.4 cm³/mol. The molecule has 1 saturated carbocycles. The van der Waals surface area contributed by atoms with Gasteiger partial charge in [0.25, 0.3) is 11.7 Å². The molecule has 3 heterocycles. The van der Waals surface area contributed by atoms with Crippen LogP contribution in [0.4, 0.5) is 5.13 Å². The Labute approximate surface area is 123 Å². The zero-order chi connectivity index (χ0) is 14.4. The van der Waals surface area contributed by atoms with E-state index >= 15 is 0 Å². The van der Waals surface area contributed by atoms with Crippen LogP contribution in [0, 0.1) is 6.92 Å². The highest BCUT2D eigenvalue weighted by Crippen LogP contribution is 2.42. The fourth-order valence-corrected chi connectivity index (χ4v) is 2.84. The maximum atomic E-state index is 12.2. The quantitative estimate of drug-likeness (QED) is 0.785. The number of aryl methyl sites for hydroxylation is 1. The fourth-order valence-electron chi connectivity index (χ4n) is 1.94. The molecule has 21 heavy (non-hydrogen) atoms. The summed E-state index contributed by atoms with van der Waals surface area (Å²) in [6, 6.07) is 1.80. The van der Waals surface area contributed by atoms with Gasteiger partial charge in [-0.1, -0.05) is 11.3 Å². The first-order chi connectivity index (χ1) is 10.2. The van der Waals surface area contributed by atoms with Gasteiger partial charge in [0.05, 0.1) is 0 Å². The molecule has 8 nitrogen and oxygen atoms in total. The van der Waals surface area contributed by atoms with E-state index in [4.69, 9.17) is 0 Å². The van der Waals surface area contributed by atoms with Crippen LogP contribution in [0.25, 0.3) is 5.78 Å². The molecule has 1 aliphatic carbocycles. The number of hydrogen-bond acceptors (Lipinski definition) is 7. The van der Waals surface area contributed by atoms with E-state index in [9.17, 15) is 4.79 Å². The number of anilines is 1. The molecule has 9 heteroatoms. The summed E-state index contributed by atoms with van der Waals surface area (Å²) < 4.78 is 1.53. The number of nitrogens with zero attached hydrogens (tertiary/aromatic N) is 6. The summed E-state index contributed by atoms with van der Waals surface area (Å²) in [7, 11) is 0. The zero-order valence-corrected chi connectivity index (χ0v) is 12.0. The predicted octanol–water partition coefficient (Wildman–Crippen LogP) is 1.41. The van der Waals surface area contributed by atoms with Crippen molar-refractivity contribution in [2.45, 2.75) is 25.7 Å². The van der Waals surface area contributed by atoms with Crippen LogP contribution < -0.4 is 5.32 Å². The summed E-state index contributed by atoms with van der Waals surface area (Å²) in [4.78, 5) is 20.3. The van der Waals surface area contributed by atoms with Gasteiger partial charge >= 0.3 is 0 Å². The normalized spacial score (nSPS) is 14.5. The van der Waals surface area contributed by atoms with E-state index in [1.54, 1.807) is 12.3 Å². The summed E-state index contributed by atoms with van der Waals surface area (Å²) in [5.41, 5.74) is 0.860. The van der Waals surface area contributed by atoms with Gasteiger partial charge < -0.3 is 0 Å². The van der Waals surface area contributed by atoms with Gasteiger partial charge in [0, 0.05) is 17.8 Å². The first-order valence-electron chi connectivity index (χ1n) is 6.54. The van der Waals surface area contributed by atoms with Gasteiger partial charge in [-0.15, -0.1) is 15.3 Å². The lowest BCUT2D eigenvalue weighted by Crippen LogP contribution is -2.13. The standard InChI is InChI=1S/C12H11N7OS/c1-6-4-5-13-11-14-8(18-19(6)11)9(20)15-12-17-16-10(21-12)7-2-3-7/h4-5,7H,2-3H2,1H3,(H,15,17,20). The minimum absolute atomic E-state index is 0.0694. The fraction of sp³-hybridized carbons (Fsp3) is 0.333. The Balaban J connectivity index is 1.58. The third kappa shape index (κ3) is 2.25. The lowest BCUT2D eigenvalue weighted by atomic mass is 10.5. The van der Waals surface area contributed by atoms with Crippen molar-refractivity contribution in [3.05, 3.63) is 28.8 Å². The molecule has 4 rings (SSSR count). The second kappa shape index (κ2) is 4.55. The second-order valence-electron chi connectivity index (χ2n) is 4.91. The SMILES string of the molecule is Cc1ccnc2nc(C(=O)Nc3nnc(C4CC4)s3)nn12. The van der Waals surface area contributed by atoms with E-state index in [2.05, 4.69) is 30.6 Å². The summed E-state index contributed by atoms with van der Waals surface area (Å²) in [5.74, 6) is 0.586. The minimum Gasteiger partial charge on any atom is -0.294 e. The topological polar surface area (TPSA) is 98.0 Å². The molecule has 0 radical (unpaired) electrons. The summed E-state index contributed by atoms with van der Waals surface area (Å²) in [6.45, 7) is 1.87. The highest BCUT2D eigenvalue weighted by Gasteiger charge is 2.28. The Bertz CT molecular complexity index is 835. The number of rotatable bonds is 3. The molecule has 0 atom stereocenters. The molecule has 0 aliphatic heterocycles. The van der Waals surface area contributed by atoms with Crippen molar-refractivity contribution in [1.82, 2.24) is 29.8 Å². The van der Waals surface area contributed by atoms with Gasteiger partial charge in [0.2, 0.25) is 11.0 Å². The molecule has 0 saturated heterocycles. The maximum Gasteiger partial charge on any atom is 0.297 e. The lowest BCUT2D eigenvalue weighted by Gasteiger charge is -1.95. The third-order valence-electron chi connectivity index (χ3n) is 3.22. The van der Waals surface area contributed by atoms with Crippen molar-refractivity contribution in [2.24, 2.45) is 0 Å². The average Bonchev–Trinajstić information content (AvgIpc) is 3.05. The van der Waals surface area contributed by atoms with E-state index in [1.165, 1.54) is 15.9 Å². The Kier molecular flexibility index (Phi) is 2.67. The van der Waals surface area contributed by atoms with Crippen LogP contribution in [-0.2, 0) is 0 Å². The van der Waals surface area contributed by atoms with Crippen molar-refractivity contribution in [2.75, 3.05) is 5.32 Å². The molecule has 1 aliphatic rings. The van der Waals surface area contributed by atoms with Crippen molar-refractivity contribution < 1.29 is 4.79 Å². The van der Waals surface area contributed by atoms with Gasteiger partial charge in [-0.3, -0.25) is 10.1 Å². The maximum absolute atomic E-state index is 12.2. The number of nitrogens with one attached hydrogen (secondary N) is 1. The second-order valence-corrected chi connectivity index (χ2v) is 5.92. The first kappa shape index (κ1) is 12.3. The van der Waals surface area contributed by atoms with Crippen LogP contribution >= 0.6 is 11.3 Å². The summed E-state index contributed by atoms with van der Waals surface area (Å²) in [6.07, 6.45) is 3.94. The Morgan fingerprint density at radius 2 is 2.29 bits per heavy atom. The van der Waals surface area contributed by atoms with Crippen molar-refractivity contribution in [3.63, 3.8) is 0 Å². The van der Waals surface area contributed by atoms with E-state index < -0.39 is 5.91 Å². The zero-order valence-electron chi connectivity index (χ0n) is 11.1. The van der Waals surface area contributed by atoms with E-state index in [0.29, 0.717) is 16.8 Å². The van der Waals surface area contributed by atoms with Gasteiger partial charge in [-0.2, -0.15) is 4.98 Å². The first-order valence-corrected chi connectivity index (χ1v) is 7.35. The number of fused-ring (bicyclic) bond motifs is 1. The molecule has 0 unspecified atom stereocenters. The van der Waals surface area contributed by atoms with Crippen molar-refractivity contribution in [1.29, 1.82) is 0 Å². The number of amides is 1. The Hall–Kier alpha value is -2.42. The number of carbonyl (C=O) groups excluding carboxylic acids is 1. The molecular weight excluding hydrogens is 290 g/mol. The van der Waals surface area contributed by atoms with Crippen LogP contribution in [0.1, 0.15) is 40.1 Å². The van der Waals surface area contributed by atoms with E-state index in [1.807, 2.05) is 6.92 Å². The molecule has 106 valence electrons. The molecular formula is C12H11N7OS. The number of aromatic nitrogens is 6. The molecule has 3 aromatic heterocycles. The van der Waals surface area contributed by atoms with Crippen LogP contribution in [0.5, 0.6) is 0 Å². The molecule has 0 spiro atoms. The van der Waals surface area contributed by atoms with E-state index in [-0.39, 0.29) is 5.82 Å². The molecule has 0 bridgehead atoms. The monoisotopic (exact) mass is 301 g/mol. The van der Waals surface area contributed by atoms with Crippen molar-refractivity contribution in [3.8, 4) is 0 Å². The lowest BCUT2D eigenvalue weighted by molar-refractivity contribution is 0.101. The number of hydrogen-bond donors (Lipinski definition) is 1. The highest BCUT2D eigenvalue weighted by molar-refractivity contribution is 7.15. The highest BCUT2D eigenvalue weighted by atomic mass is 32.1. The van der Waals surface area contributed by atoms with Crippen LogP contribution in [0.3, 0.4) is 0 Å². The third-order valence-corrected chi connectivity index (χ3v) is 4.22. The Morgan fingerprint density at radius 3 is 3.05 bits per heavy atom. The van der Waals surface area contributed by atoms with Gasteiger partial charge in [-0.05, 0) is 25.8 Å². The largest absolute Gasteiger partial charge is 0.297 e. The molecule has 1 N–H and O–H groups in total. The summed E-state index contributed by atoms with van der Waals surface area (Å²) >= 11 is 1.40. The smallest absolute Gasteiger partial charge is 0.294 e.